The summed E-state index contributed by atoms with van der Waals surface area (Å²) in [4.78, 5) is 82.4. The summed E-state index contributed by atoms with van der Waals surface area (Å²) in [6.07, 6.45) is 5.45. The van der Waals surface area contributed by atoms with Crippen LogP contribution in [0, 0.1) is 11.8 Å². The molecule has 6 atom stereocenters. The standard InChI is InChI=1S/C51H71F3N10O8/c1-5-63-44(66)29-38(45(63)33-7-6-18-55-30-33)48(68)56-19-22-71-24-26-72-25-23-70-21-17-43(65)59-35-11-8-32(9-12-35)47(67)61-41-28-36(62-50(2,3)4)13-15-42(41)64-20-16-40(49(64)69)60-46-37-27-34(51(52,53)54)10-14-39(37)57-31-58-46/h6-7,10,14,18,27,30-32,35-36,38,40-42,45,62H,5,8-9,11-13,15-17,19-26,28-29H2,1-4H3,(H,56,68)(H,59,65)(H,61,67)(H,57,58,60)/t32-,35+,36-,38?,40+,41-,42+,45-/m1/s1. The van der Waals surface area contributed by atoms with E-state index in [0.717, 1.165) is 24.1 Å². The third-order valence-electron chi connectivity index (χ3n) is 14.1. The summed E-state index contributed by atoms with van der Waals surface area (Å²) < 4.78 is 57.6. The van der Waals surface area contributed by atoms with E-state index >= 15 is 0 Å². The van der Waals surface area contributed by atoms with Crippen LogP contribution in [-0.4, -0.2) is 149 Å². The third kappa shape index (κ3) is 14.6. The molecule has 0 bridgehead atoms. The second-order valence-corrected chi connectivity index (χ2v) is 20.3. The molecule has 2 saturated heterocycles. The first-order valence-corrected chi connectivity index (χ1v) is 25.5. The molecule has 2 saturated carbocycles. The van der Waals surface area contributed by atoms with E-state index in [9.17, 15) is 37.1 Å². The second kappa shape index (κ2) is 24.9. The number of aromatic nitrogens is 3. The summed E-state index contributed by atoms with van der Waals surface area (Å²) in [6.45, 7) is 11.2. The molecule has 1 unspecified atom stereocenters. The maximum atomic E-state index is 14.0. The normalized spacial score (nSPS) is 24.9. The number of benzene rings is 1. The number of likely N-dealkylation sites (tertiary alicyclic amines) is 2. The number of halogens is 3. The van der Waals surface area contributed by atoms with Crippen molar-refractivity contribution >= 4 is 46.3 Å². The number of rotatable bonds is 22. The molecule has 0 spiro atoms. The molecule has 2 aliphatic heterocycles. The topological polar surface area (TPSA) is 218 Å². The number of carbonyl (C=O) groups excluding carboxylic acids is 5. The monoisotopic (exact) mass is 1010 g/mol. The molecule has 7 rings (SSSR count). The molecule has 4 fully saturated rings. The summed E-state index contributed by atoms with van der Waals surface area (Å²) >= 11 is 0. The fourth-order valence-electron chi connectivity index (χ4n) is 10.7. The Morgan fingerprint density at radius 1 is 0.833 bits per heavy atom. The fraction of sp³-hybridized carbons (Fsp3) is 0.647. The van der Waals surface area contributed by atoms with Crippen LogP contribution in [0.25, 0.3) is 10.9 Å². The molecule has 3 aromatic rings. The van der Waals surface area contributed by atoms with E-state index in [2.05, 4.69) is 62.3 Å². The van der Waals surface area contributed by atoms with E-state index in [1.165, 1.54) is 12.4 Å². The lowest BCUT2D eigenvalue weighted by Gasteiger charge is -2.43. The van der Waals surface area contributed by atoms with Gasteiger partial charge in [-0.2, -0.15) is 13.2 Å². The summed E-state index contributed by atoms with van der Waals surface area (Å²) in [6, 6.07) is 5.38. The highest BCUT2D eigenvalue weighted by molar-refractivity contribution is 5.93. The van der Waals surface area contributed by atoms with Gasteiger partial charge in [0.1, 0.15) is 18.2 Å². The van der Waals surface area contributed by atoms with Crippen molar-refractivity contribution in [2.75, 3.05) is 64.6 Å². The van der Waals surface area contributed by atoms with Gasteiger partial charge >= 0.3 is 6.18 Å². The number of fused-ring (bicyclic) bond motifs is 1. The molecule has 2 aromatic heterocycles. The maximum Gasteiger partial charge on any atom is 0.416 e. The lowest BCUT2D eigenvalue weighted by atomic mass is 9.82. The molecular weight excluding hydrogens is 938 g/mol. The first-order chi connectivity index (χ1) is 34.5. The number of anilines is 1. The quantitative estimate of drug-likeness (QED) is 0.0865. The lowest BCUT2D eigenvalue weighted by Crippen LogP contribution is -2.60. The Morgan fingerprint density at radius 2 is 1.56 bits per heavy atom. The van der Waals surface area contributed by atoms with Gasteiger partial charge in [-0.05, 0) is 109 Å². The van der Waals surface area contributed by atoms with Crippen molar-refractivity contribution in [2.45, 2.75) is 140 Å². The van der Waals surface area contributed by atoms with Crippen LogP contribution in [0.3, 0.4) is 0 Å². The van der Waals surface area contributed by atoms with Crippen molar-refractivity contribution in [1.29, 1.82) is 0 Å². The van der Waals surface area contributed by atoms with E-state index in [0.29, 0.717) is 103 Å². The zero-order valence-electron chi connectivity index (χ0n) is 41.8. The van der Waals surface area contributed by atoms with Gasteiger partial charge in [0.25, 0.3) is 0 Å². The highest BCUT2D eigenvalue weighted by atomic mass is 19.4. The number of hydrogen-bond acceptors (Lipinski definition) is 13. The van der Waals surface area contributed by atoms with Gasteiger partial charge in [0.05, 0.1) is 74.8 Å². The van der Waals surface area contributed by atoms with Crippen molar-refractivity contribution in [3.8, 4) is 0 Å². The molecule has 5 amide bonds. The van der Waals surface area contributed by atoms with Crippen LogP contribution in [-0.2, 0) is 44.4 Å². The number of amides is 5. The first kappa shape index (κ1) is 54.3. The number of ether oxygens (including phenoxy) is 3. The molecule has 21 heteroatoms. The number of nitrogens with one attached hydrogen (secondary N) is 5. The Hall–Kier alpha value is -5.51. The smallest absolute Gasteiger partial charge is 0.379 e. The Bertz CT molecular complexity index is 2310. The van der Waals surface area contributed by atoms with Crippen LogP contribution >= 0.6 is 0 Å². The minimum Gasteiger partial charge on any atom is -0.379 e. The van der Waals surface area contributed by atoms with Gasteiger partial charge in [-0.15, -0.1) is 0 Å². The highest BCUT2D eigenvalue weighted by Gasteiger charge is 2.45. The first-order valence-electron chi connectivity index (χ1n) is 25.5. The summed E-state index contributed by atoms with van der Waals surface area (Å²) in [5.74, 6) is -1.20. The molecule has 394 valence electrons. The van der Waals surface area contributed by atoms with Crippen molar-refractivity contribution < 1.29 is 51.4 Å². The highest BCUT2D eigenvalue weighted by Crippen LogP contribution is 2.38. The maximum absolute atomic E-state index is 14.0. The van der Waals surface area contributed by atoms with Crippen molar-refractivity contribution in [1.82, 2.24) is 46.0 Å². The van der Waals surface area contributed by atoms with Gasteiger partial charge in [0.15, 0.2) is 0 Å². The summed E-state index contributed by atoms with van der Waals surface area (Å²) in [5.41, 5.74) is 0.176. The Balaban J connectivity index is 0.771. The van der Waals surface area contributed by atoms with Crippen LogP contribution in [0.4, 0.5) is 19.0 Å². The molecule has 18 nitrogen and oxygen atoms in total. The van der Waals surface area contributed by atoms with Crippen LogP contribution in [0.15, 0.2) is 49.1 Å². The molecule has 1 aromatic carbocycles. The molecule has 4 heterocycles. The lowest BCUT2D eigenvalue weighted by molar-refractivity contribution is -0.137. The number of alkyl halides is 3. The molecule has 0 radical (unpaired) electrons. The number of hydrogen-bond donors (Lipinski definition) is 5. The molecule has 2 aliphatic carbocycles. The van der Waals surface area contributed by atoms with Gasteiger partial charge in [-0.3, -0.25) is 29.0 Å². The largest absolute Gasteiger partial charge is 0.416 e. The zero-order chi connectivity index (χ0) is 51.4. The SMILES string of the molecule is CCN1C(=O)CC(C(=O)NCCOCCOCCOCCC(=O)N[C@H]2CC[C@@H](C(=O)N[C@@H]3C[C@H](NC(C)(C)C)CC[C@@H]3N3CC[C@H](Nc4ncnc5ccc(C(F)(F)F)cc45)C3=O)CC2)[C@H]1c1cccnc1. The average Bonchev–Trinajstić information content (AvgIpc) is 3.88. The third-order valence-corrected chi connectivity index (χ3v) is 14.1. The summed E-state index contributed by atoms with van der Waals surface area (Å²) in [5, 5.41) is 16.3. The van der Waals surface area contributed by atoms with E-state index in [1.807, 2.05) is 17.9 Å². The van der Waals surface area contributed by atoms with Crippen molar-refractivity contribution in [3.05, 3.63) is 60.2 Å². The van der Waals surface area contributed by atoms with Crippen molar-refractivity contribution in [2.24, 2.45) is 11.8 Å². The van der Waals surface area contributed by atoms with Crippen LogP contribution in [0.1, 0.15) is 109 Å². The van der Waals surface area contributed by atoms with Crippen LogP contribution in [0.2, 0.25) is 0 Å². The zero-order valence-corrected chi connectivity index (χ0v) is 41.8. The van der Waals surface area contributed by atoms with E-state index in [1.54, 1.807) is 23.4 Å². The second-order valence-electron chi connectivity index (χ2n) is 20.3. The van der Waals surface area contributed by atoms with E-state index < -0.39 is 23.7 Å². The minimum atomic E-state index is -4.55. The molecule has 72 heavy (non-hydrogen) atoms. The minimum absolute atomic E-state index is 0.0518. The van der Waals surface area contributed by atoms with Crippen LogP contribution < -0.4 is 26.6 Å². The fourth-order valence-corrected chi connectivity index (χ4v) is 10.7. The van der Waals surface area contributed by atoms with Gasteiger partial charge < -0.3 is 50.6 Å². The Morgan fingerprint density at radius 3 is 2.25 bits per heavy atom. The van der Waals surface area contributed by atoms with E-state index in [-0.39, 0.29) is 102 Å². The van der Waals surface area contributed by atoms with E-state index in [4.69, 9.17) is 14.2 Å². The van der Waals surface area contributed by atoms with Gasteiger partial charge in [0.2, 0.25) is 29.5 Å². The number of carbonyl (C=O) groups is 5. The van der Waals surface area contributed by atoms with Gasteiger partial charge in [0, 0.05) is 73.8 Å². The predicted molar refractivity (Wildman–Crippen MR) is 261 cm³/mol. The van der Waals surface area contributed by atoms with Gasteiger partial charge in [-0.25, -0.2) is 9.97 Å². The van der Waals surface area contributed by atoms with Crippen LogP contribution in [0.5, 0.6) is 0 Å². The molecule has 4 aliphatic rings. The van der Waals surface area contributed by atoms with Crippen molar-refractivity contribution in [3.63, 3.8) is 0 Å². The Kier molecular flexibility index (Phi) is 18.8. The molecule has 5 N–H and O–H groups in total. The van der Waals surface area contributed by atoms with Gasteiger partial charge in [-0.1, -0.05) is 6.07 Å². The Labute approximate surface area is 419 Å². The predicted octanol–water partition coefficient (Wildman–Crippen LogP) is 4.69. The number of pyridine rings is 1. The average molecular weight is 1010 g/mol. The number of nitrogens with zero attached hydrogens (tertiary/aromatic N) is 5. The molecular formula is C51H71F3N10O8. The summed E-state index contributed by atoms with van der Waals surface area (Å²) in [7, 11) is 0.